The van der Waals surface area contributed by atoms with Crippen molar-refractivity contribution in [3.8, 4) is 0 Å². The summed E-state index contributed by atoms with van der Waals surface area (Å²) in [6, 6.07) is 11.3. The van der Waals surface area contributed by atoms with Crippen LogP contribution in [0.3, 0.4) is 0 Å². The Morgan fingerprint density at radius 2 is 2.10 bits per heavy atom. The Bertz CT molecular complexity index is 782. The molecule has 1 N–H and O–H groups in total. The summed E-state index contributed by atoms with van der Waals surface area (Å²) in [4.78, 5) is 12.4. The van der Waals surface area contributed by atoms with Crippen molar-refractivity contribution in [3.63, 3.8) is 0 Å². The number of aryl methyl sites for hydroxylation is 1. The molecule has 0 atom stereocenters. The molecule has 1 aliphatic heterocycles. The SMILES string of the molecule is Cc1ccc(Br)c(C(=O)Nc2cccc3c2N=[Se]=N3)c1. The molecule has 20 heavy (non-hydrogen) atoms. The zero-order valence-corrected chi connectivity index (χ0v) is 13.9. The van der Waals surface area contributed by atoms with Crippen LogP contribution in [-0.2, 0) is 0 Å². The summed E-state index contributed by atoms with van der Waals surface area (Å²) in [6.45, 7) is 1.96. The van der Waals surface area contributed by atoms with Crippen molar-refractivity contribution >= 4 is 53.5 Å². The second kappa shape index (κ2) is 5.48. The number of benzene rings is 2. The Hall–Kier alpha value is -1.49. The number of nitrogens with one attached hydrogen (secondary N) is 1. The van der Waals surface area contributed by atoms with E-state index in [0.29, 0.717) is 11.3 Å². The fourth-order valence-electron chi connectivity index (χ4n) is 1.91. The van der Waals surface area contributed by atoms with E-state index in [-0.39, 0.29) is 20.5 Å². The van der Waals surface area contributed by atoms with Crippen LogP contribution in [0.15, 0.2) is 48.8 Å². The molecule has 0 radical (unpaired) electrons. The van der Waals surface area contributed by atoms with E-state index in [4.69, 9.17) is 0 Å². The third kappa shape index (κ3) is 2.54. The minimum absolute atomic E-state index is 0.104. The zero-order valence-electron chi connectivity index (χ0n) is 10.6. The third-order valence-electron chi connectivity index (χ3n) is 2.90. The Labute approximate surface area is 130 Å². The fraction of sp³-hybridized carbons (Fsp3) is 0.0714. The number of rotatable bonds is 2. The van der Waals surface area contributed by atoms with Crippen molar-refractivity contribution in [2.24, 2.45) is 7.92 Å². The van der Waals surface area contributed by atoms with Crippen molar-refractivity contribution < 1.29 is 4.79 Å². The molecular weight excluding hydrogens is 385 g/mol. The summed E-state index contributed by atoms with van der Waals surface area (Å²) in [5, 5.41) is 2.91. The molecule has 0 bridgehead atoms. The number of anilines is 1. The van der Waals surface area contributed by atoms with Gasteiger partial charge in [-0.1, -0.05) is 0 Å². The van der Waals surface area contributed by atoms with Crippen LogP contribution in [0, 0.1) is 6.92 Å². The first-order valence-electron chi connectivity index (χ1n) is 5.94. The molecule has 100 valence electrons. The number of carbonyl (C=O) groups excluding carboxylic acids is 1. The summed E-state index contributed by atoms with van der Waals surface area (Å²) in [6.07, 6.45) is 0. The first-order chi connectivity index (χ1) is 9.65. The van der Waals surface area contributed by atoms with Gasteiger partial charge >= 0.3 is 130 Å². The van der Waals surface area contributed by atoms with E-state index in [9.17, 15) is 4.79 Å². The van der Waals surface area contributed by atoms with E-state index < -0.39 is 0 Å². The molecule has 0 saturated heterocycles. The molecule has 0 spiro atoms. The maximum atomic E-state index is 12.4. The van der Waals surface area contributed by atoms with Gasteiger partial charge < -0.3 is 0 Å². The Balaban J connectivity index is 1.93. The first kappa shape index (κ1) is 13.5. The maximum absolute atomic E-state index is 12.4. The van der Waals surface area contributed by atoms with E-state index >= 15 is 0 Å². The van der Waals surface area contributed by atoms with Gasteiger partial charge in [-0.25, -0.2) is 0 Å². The van der Waals surface area contributed by atoms with Crippen molar-refractivity contribution in [2.45, 2.75) is 6.92 Å². The van der Waals surface area contributed by atoms with Crippen LogP contribution in [-0.4, -0.2) is 20.5 Å². The Morgan fingerprint density at radius 3 is 2.95 bits per heavy atom. The van der Waals surface area contributed by atoms with E-state index in [1.807, 2.05) is 43.3 Å². The molecule has 3 rings (SSSR count). The number of nitrogens with zero attached hydrogens (tertiary/aromatic N) is 2. The molecule has 6 heteroatoms. The molecule has 0 aliphatic carbocycles. The predicted molar refractivity (Wildman–Crippen MR) is 83.2 cm³/mol. The average molecular weight is 395 g/mol. The summed E-state index contributed by atoms with van der Waals surface area (Å²) < 4.78 is 9.44. The van der Waals surface area contributed by atoms with Crippen molar-refractivity contribution in [2.75, 3.05) is 5.32 Å². The molecular formula is C14H10BrN3OSe. The van der Waals surface area contributed by atoms with Gasteiger partial charge in [0.1, 0.15) is 0 Å². The predicted octanol–water partition coefficient (Wildman–Crippen LogP) is 4.36. The Kier molecular flexibility index (Phi) is 3.70. The summed E-state index contributed by atoms with van der Waals surface area (Å²) in [5.74, 6) is -0.149. The molecule has 1 heterocycles. The van der Waals surface area contributed by atoms with Gasteiger partial charge in [0, 0.05) is 0 Å². The number of fused-ring (bicyclic) bond motifs is 1. The fourth-order valence-corrected chi connectivity index (χ4v) is 3.49. The second-order valence-corrected chi connectivity index (χ2v) is 6.34. The molecule has 1 aliphatic rings. The summed E-state index contributed by atoms with van der Waals surface area (Å²) in [7, 11) is 0. The summed E-state index contributed by atoms with van der Waals surface area (Å²) >= 11 is 3.30. The molecule has 1 amide bonds. The number of hydrogen-bond acceptors (Lipinski definition) is 3. The summed E-state index contributed by atoms with van der Waals surface area (Å²) in [5.41, 5.74) is 4.00. The van der Waals surface area contributed by atoms with Gasteiger partial charge in [-0.15, -0.1) is 0 Å². The first-order valence-corrected chi connectivity index (χ1v) is 8.26. The van der Waals surface area contributed by atoms with Crippen LogP contribution in [0.1, 0.15) is 15.9 Å². The number of halogens is 1. The molecule has 0 fully saturated rings. The Morgan fingerprint density at radius 1 is 1.25 bits per heavy atom. The van der Waals surface area contributed by atoms with Gasteiger partial charge in [0.25, 0.3) is 0 Å². The van der Waals surface area contributed by atoms with Gasteiger partial charge in [-0.2, -0.15) is 0 Å². The van der Waals surface area contributed by atoms with E-state index in [0.717, 1.165) is 21.4 Å². The van der Waals surface area contributed by atoms with Crippen molar-refractivity contribution in [1.29, 1.82) is 0 Å². The average Bonchev–Trinajstić information content (AvgIpc) is 2.91. The molecule has 4 nitrogen and oxygen atoms in total. The molecule has 0 aromatic heterocycles. The normalized spacial score (nSPS) is 11.9. The van der Waals surface area contributed by atoms with Gasteiger partial charge in [-0.3, -0.25) is 0 Å². The molecule has 2 aromatic carbocycles. The van der Waals surface area contributed by atoms with Gasteiger partial charge in [0.2, 0.25) is 0 Å². The zero-order chi connectivity index (χ0) is 14.1. The number of hydrogen-bond donors (Lipinski definition) is 1. The van der Waals surface area contributed by atoms with E-state index in [2.05, 4.69) is 29.2 Å². The van der Waals surface area contributed by atoms with Crippen LogP contribution in [0.25, 0.3) is 0 Å². The van der Waals surface area contributed by atoms with Crippen LogP contribution in [0.4, 0.5) is 17.1 Å². The number of carbonyl (C=O) groups is 1. The van der Waals surface area contributed by atoms with Crippen LogP contribution < -0.4 is 5.32 Å². The van der Waals surface area contributed by atoms with Crippen LogP contribution >= 0.6 is 15.9 Å². The van der Waals surface area contributed by atoms with Gasteiger partial charge in [0.05, 0.1) is 0 Å². The third-order valence-corrected chi connectivity index (χ3v) is 4.73. The second-order valence-electron chi connectivity index (χ2n) is 4.37. The molecule has 0 saturated carbocycles. The molecule has 2 aromatic rings. The van der Waals surface area contributed by atoms with E-state index in [1.165, 1.54) is 0 Å². The van der Waals surface area contributed by atoms with Gasteiger partial charge in [-0.05, 0) is 0 Å². The van der Waals surface area contributed by atoms with Crippen LogP contribution in [0.2, 0.25) is 0 Å². The van der Waals surface area contributed by atoms with Crippen molar-refractivity contribution in [1.82, 2.24) is 0 Å². The quantitative estimate of drug-likeness (QED) is 0.645. The van der Waals surface area contributed by atoms with E-state index in [1.54, 1.807) is 0 Å². The minimum atomic E-state index is -0.149. The van der Waals surface area contributed by atoms with Crippen molar-refractivity contribution in [3.05, 3.63) is 52.0 Å². The monoisotopic (exact) mass is 395 g/mol. The topological polar surface area (TPSA) is 53.8 Å². The molecule has 0 unspecified atom stereocenters. The van der Waals surface area contributed by atoms with Gasteiger partial charge in [0.15, 0.2) is 0 Å². The van der Waals surface area contributed by atoms with Crippen LogP contribution in [0.5, 0.6) is 0 Å². The number of amides is 1. The standard InChI is InChI=1S/C14H10BrN3OSe/c1-8-5-6-10(15)9(7-8)14(19)16-11-3-2-4-12-13(11)18-20-17-12/h2-7H,1H3,(H,16,19).